The van der Waals surface area contributed by atoms with E-state index in [0.717, 1.165) is 0 Å². The number of hydrogen-bond donors (Lipinski definition) is 9. The van der Waals surface area contributed by atoms with Crippen LogP contribution in [0.15, 0.2) is 39.9 Å². The van der Waals surface area contributed by atoms with E-state index < -0.39 is 107 Å². The van der Waals surface area contributed by atoms with Gasteiger partial charge in [0, 0.05) is 13.0 Å². The predicted octanol–water partition coefficient (Wildman–Crippen LogP) is -1.12. The van der Waals surface area contributed by atoms with Crippen LogP contribution in [0.5, 0.6) is 0 Å². The summed E-state index contributed by atoms with van der Waals surface area (Å²) in [6.07, 6.45) is 0.153. The fourth-order valence-corrected chi connectivity index (χ4v) is 4.87. The van der Waals surface area contributed by atoms with Crippen LogP contribution in [0, 0.1) is 23.6 Å². The maximum absolute atomic E-state index is 14.0. The number of rotatable bonds is 18. The molecular weight excluding hydrogens is 671 g/mol. The first-order valence-corrected chi connectivity index (χ1v) is 16.4. The van der Waals surface area contributed by atoms with Gasteiger partial charge in [0.05, 0.1) is 0 Å². The molecule has 0 bridgehead atoms. The second kappa shape index (κ2) is 19.1. The zero-order valence-corrected chi connectivity index (χ0v) is 29.3. The van der Waals surface area contributed by atoms with Crippen molar-refractivity contribution in [1.29, 1.82) is 0 Å². The van der Waals surface area contributed by atoms with Gasteiger partial charge in [-0.2, -0.15) is 4.39 Å². The van der Waals surface area contributed by atoms with Crippen molar-refractivity contribution in [3.05, 3.63) is 68.2 Å². The van der Waals surface area contributed by atoms with Gasteiger partial charge in [-0.05, 0) is 29.7 Å². The van der Waals surface area contributed by atoms with Crippen LogP contribution < -0.4 is 43.6 Å². The van der Waals surface area contributed by atoms with Crippen LogP contribution in [-0.2, 0) is 30.4 Å². The Hall–Kier alpha value is -5.39. The fraction of sp³-hybridized carbons (Fsp3) is 0.515. The van der Waals surface area contributed by atoms with E-state index in [2.05, 4.69) is 26.6 Å². The van der Waals surface area contributed by atoms with Crippen molar-refractivity contribution in [3.8, 4) is 0 Å². The molecule has 0 spiro atoms. The highest BCUT2D eigenvalue weighted by molar-refractivity contribution is 5.96. The highest BCUT2D eigenvalue weighted by Gasteiger charge is 2.34. The van der Waals surface area contributed by atoms with E-state index in [4.69, 9.17) is 5.73 Å². The molecule has 0 aliphatic rings. The molecule has 2 aromatic rings. The molecule has 0 saturated carbocycles. The molecule has 17 nitrogen and oxygen atoms in total. The zero-order chi connectivity index (χ0) is 38.6. The van der Waals surface area contributed by atoms with Crippen molar-refractivity contribution < 1.29 is 38.3 Å². The SMILES string of the molecule is CC(C)C[C@H](NC(=O)[C@@H](NC(=O)[C@@H](N)CNC(=O)c1[nH]c(=O)[nH]c(=O)c1F)C(C)C)C(=O)N[C@@H](Cc1ccccc1)C(=O)N[C@@H](C(=O)O)C(C)C. The molecule has 0 aliphatic carbocycles. The van der Waals surface area contributed by atoms with Gasteiger partial charge in [0.2, 0.25) is 29.4 Å². The standard InChI is InChI=1S/C33H47FN8O9/c1-15(2)12-20(27(44)37-21(13-18-10-8-7-9-11-18)28(45)40-24(17(5)6)32(49)50)38-31(48)23(16(3)4)39-26(43)19(35)14-36-30(47)25-22(34)29(46)42-33(51)41-25/h7-11,15-17,19-21,23-24H,12-14,35H2,1-6H3,(H,36,47)(H,37,44)(H,38,48)(H,39,43)(H,40,45)(H,49,50)(H2,41,42,46,51)/t19-,20-,21-,23-,24+/m0/s1. The second-order valence-corrected chi connectivity index (χ2v) is 13.2. The van der Waals surface area contributed by atoms with Gasteiger partial charge in [0.1, 0.15) is 35.9 Å². The largest absolute Gasteiger partial charge is 0.480 e. The van der Waals surface area contributed by atoms with Gasteiger partial charge in [-0.15, -0.1) is 0 Å². The Bertz CT molecular complexity index is 1680. The van der Waals surface area contributed by atoms with Crippen molar-refractivity contribution in [2.75, 3.05) is 6.54 Å². The topological polar surface area (TPSA) is 275 Å². The van der Waals surface area contributed by atoms with Crippen LogP contribution in [0.3, 0.4) is 0 Å². The lowest BCUT2D eigenvalue weighted by molar-refractivity contribution is -0.143. The van der Waals surface area contributed by atoms with Crippen molar-refractivity contribution in [1.82, 2.24) is 36.6 Å². The number of halogens is 1. The van der Waals surface area contributed by atoms with Crippen molar-refractivity contribution in [3.63, 3.8) is 0 Å². The molecule has 1 aromatic heterocycles. The summed E-state index contributed by atoms with van der Waals surface area (Å²) in [4.78, 5) is 104. The van der Waals surface area contributed by atoms with Gasteiger partial charge < -0.3 is 42.4 Å². The second-order valence-electron chi connectivity index (χ2n) is 13.2. The average molecular weight is 719 g/mol. The minimum absolute atomic E-state index is 0.0216. The zero-order valence-electron chi connectivity index (χ0n) is 29.3. The molecule has 0 unspecified atom stereocenters. The molecule has 0 radical (unpaired) electrons. The molecule has 51 heavy (non-hydrogen) atoms. The highest BCUT2D eigenvalue weighted by Crippen LogP contribution is 2.11. The molecule has 1 heterocycles. The number of aromatic amines is 2. The summed E-state index contributed by atoms with van der Waals surface area (Å²) in [6, 6.07) is 2.45. The normalized spacial score (nSPS) is 14.2. The molecule has 1 aromatic carbocycles. The lowest BCUT2D eigenvalue weighted by atomic mass is 9.98. The number of benzene rings is 1. The van der Waals surface area contributed by atoms with Crippen LogP contribution in [0.1, 0.15) is 64.0 Å². The number of carbonyl (C=O) groups is 6. The molecule has 280 valence electrons. The highest BCUT2D eigenvalue weighted by atomic mass is 19.1. The molecule has 0 fully saturated rings. The lowest BCUT2D eigenvalue weighted by Gasteiger charge is -2.28. The first-order chi connectivity index (χ1) is 23.8. The molecule has 5 amide bonds. The molecular formula is C33H47FN8O9. The van der Waals surface area contributed by atoms with Gasteiger partial charge >= 0.3 is 11.7 Å². The molecule has 10 N–H and O–H groups in total. The maximum Gasteiger partial charge on any atom is 0.326 e. The van der Waals surface area contributed by atoms with Crippen LogP contribution >= 0.6 is 0 Å². The van der Waals surface area contributed by atoms with Gasteiger partial charge in [0.15, 0.2) is 0 Å². The number of aromatic nitrogens is 2. The minimum Gasteiger partial charge on any atom is -0.480 e. The van der Waals surface area contributed by atoms with E-state index in [-0.39, 0.29) is 18.8 Å². The monoisotopic (exact) mass is 718 g/mol. The van der Waals surface area contributed by atoms with Crippen molar-refractivity contribution in [2.45, 2.75) is 84.6 Å². The first kappa shape index (κ1) is 41.8. The predicted molar refractivity (Wildman–Crippen MR) is 183 cm³/mol. The molecule has 18 heteroatoms. The first-order valence-electron chi connectivity index (χ1n) is 16.4. The van der Waals surface area contributed by atoms with E-state index in [1.165, 1.54) is 0 Å². The van der Waals surface area contributed by atoms with E-state index in [0.29, 0.717) is 5.56 Å². The number of nitrogens with one attached hydrogen (secondary N) is 7. The number of carboxylic acids is 1. The van der Waals surface area contributed by atoms with Crippen molar-refractivity contribution >= 4 is 35.5 Å². The number of nitrogens with two attached hydrogens (primary N) is 1. The number of aliphatic carboxylic acids is 1. The number of hydrogen-bond acceptors (Lipinski definition) is 9. The summed E-state index contributed by atoms with van der Waals surface area (Å²) in [7, 11) is 0. The van der Waals surface area contributed by atoms with E-state index in [1.807, 2.05) is 18.8 Å². The summed E-state index contributed by atoms with van der Waals surface area (Å²) >= 11 is 0. The summed E-state index contributed by atoms with van der Waals surface area (Å²) in [5.74, 6) is -8.22. The third-order valence-corrected chi connectivity index (χ3v) is 7.66. The summed E-state index contributed by atoms with van der Waals surface area (Å²) in [5, 5.41) is 22.0. The number of amides is 5. The Labute approximate surface area is 293 Å². The van der Waals surface area contributed by atoms with Crippen LogP contribution in [0.2, 0.25) is 0 Å². The summed E-state index contributed by atoms with van der Waals surface area (Å²) in [6.45, 7) is 9.54. The number of carbonyl (C=O) groups excluding carboxylic acids is 5. The fourth-order valence-electron chi connectivity index (χ4n) is 4.87. The van der Waals surface area contributed by atoms with Gasteiger partial charge in [0.25, 0.3) is 11.5 Å². The Morgan fingerprint density at radius 2 is 1.31 bits per heavy atom. The van der Waals surface area contributed by atoms with E-state index in [9.17, 15) is 47.9 Å². The van der Waals surface area contributed by atoms with Gasteiger partial charge in [-0.25, -0.2) is 9.59 Å². The van der Waals surface area contributed by atoms with Gasteiger partial charge in [-0.1, -0.05) is 71.9 Å². The molecule has 0 aliphatic heterocycles. The molecule has 5 atom stereocenters. The molecule has 0 saturated heterocycles. The smallest absolute Gasteiger partial charge is 0.326 e. The Kier molecular flexibility index (Phi) is 15.7. The van der Waals surface area contributed by atoms with Crippen LogP contribution in [0.4, 0.5) is 4.39 Å². The number of carboxylic acid groups (broad SMARTS) is 1. The minimum atomic E-state index is -1.55. The van der Waals surface area contributed by atoms with Gasteiger partial charge in [-0.3, -0.25) is 33.8 Å². The summed E-state index contributed by atoms with van der Waals surface area (Å²) in [5.41, 5.74) is 3.06. The average Bonchev–Trinajstić information content (AvgIpc) is 3.05. The quantitative estimate of drug-likeness (QED) is 0.0896. The third kappa shape index (κ3) is 12.8. The van der Waals surface area contributed by atoms with Crippen LogP contribution in [0.25, 0.3) is 0 Å². The van der Waals surface area contributed by atoms with Crippen LogP contribution in [-0.4, -0.2) is 87.3 Å². The maximum atomic E-state index is 14.0. The Balaban J connectivity index is 2.20. The third-order valence-electron chi connectivity index (χ3n) is 7.66. The Morgan fingerprint density at radius 1 is 0.765 bits per heavy atom. The van der Waals surface area contributed by atoms with E-state index in [1.54, 1.807) is 63.0 Å². The van der Waals surface area contributed by atoms with Crippen molar-refractivity contribution in [2.24, 2.45) is 23.5 Å². The lowest BCUT2D eigenvalue weighted by Crippen LogP contribution is -2.60. The molecule has 2 rings (SSSR count). The van der Waals surface area contributed by atoms with E-state index >= 15 is 0 Å². The summed E-state index contributed by atoms with van der Waals surface area (Å²) < 4.78 is 14.0. The Morgan fingerprint density at radius 3 is 1.86 bits per heavy atom. The number of H-pyrrole nitrogens is 2.